The van der Waals surface area contributed by atoms with Crippen LogP contribution in [0.1, 0.15) is 19.3 Å². The smallest absolute Gasteiger partial charge is 0.171 e. The van der Waals surface area contributed by atoms with Gasteiger partial charge in [-0.3, -0.25) is 0 Å². The molecule has 0 saturated heterocycles. The first-order valence-corrected chi connectivity index (χ1v) is 3.51. The molecule has 0 aromatic heterocycles. The van der Waals surface area contributed by atoms with Gasteiger partial charge in [-0.15, -0.1) is 11.6 Å². The maximum absolute atomic E-state index is 12.0. The van der Waals surface area contributed by atoms with Gasteiger partial charge in [-0.25, -0.2) is 0 Å². The quantitative estimate of drug-likeness (QED) is 0.491. The second-order valence-electron chi connectivity index (χ2n) is 3.46. The van der Waals surface area contributed by atoms with E-state index < -0.39 is 16.5 Å². The van der Waals surface area contributed by atoms with Crippen molar-refractivity contribution in [3.8, 4) is 0 Å². The van der Waals surface area contributed by atoms with Gasteiger partial charge in [0, 0.05) is 4.87 Å². The van der Waals surface area contributed by atoms with Crippen LogP contribution in [-0.2, 0) is 0 Å². The third-order valence-electron chi connectivity index (χ3n) is 2.57. The Hall–Kier alpha value is 0.0800. The first-order valence-electron chi connectivity index (χ1n) is 3.13. The summed E-state index contributed by atoms with van der Waals surface area (Å²) < 4.78 is 36.1. The molecule has 0 aromatic carbocycles. The molecule has 3 fully saturated rings. The lowest BCUT2D eigenvalue weighted by Gasteiger charge is -2.67. The minimum atomic E-state index is -4.01. The van der Waals surface area contributed by atoms with E-state index in [1.807, 2.05) is 0 Å². The molecular formula is C6H6ClF3. The van der Waals surface area contributed by atoms with Gasteiger partial charge >= 0.3 is 6.18 Å². The van der Waals surface area contributed by atoms with E-state index in [1.54, 1.807) is 0 Å². The van der Waals surface area contributed by atoms with Gasteiger partial charge < -0.3 is 0 Å². The molecule has 0 N–H and O–H groups in total. The average molecular weight is 171 g/mol. The summed E-state index contributed by atoms with van der Waals surface area (Å²) in [5.41, 5.74) is -1.37. The third-order valence-corrected chi connectivity index (χ3v) is 2.97. The van der Waals surface area contributed by atoms with E-state index in [2.05, 4.69) is 0 Å². The molecule has 58 valence electrons. The molecular weight excluding hydrogens is 165 g/mol. The Kier molecular flexibility index (Phi) is 0.903. The summed E-state index contributed by atoms with van der Waals surface area (Å²) in [4.78, 5) is -0.463. The Bertz CT molecular complexity index is 164. The maximum Gasteiger partial charge on any atom is 0.394 e. The van der Waals surface area contributed by atoms with Crippen LogP contribution in [0.15, 0.2) is 0 Å². The van der Waals surface area contributed by atoms with Crippen molar-refractivity contribution < 1.29 is 13.2 Å². The first-order chi connectivity index (χ1) is 4.37. The molecule has 0 aliphatic heterocycles. The molecule has 3 aliphatic carbocycles. The molecule has 0 heterocycles. The van der Waals surface area contributed by atoms with Gasteiger partial charge in [0.15, 0.2) is 0 Å². The Morgan fingerprint density at radius 2 is 1.50 bits per heavy atom. The summed E-state index contributed by atoms with van der Waals surface area (Å²) in [5, 5.41) is 0. The number of alkyl halides is 4. The van der Waals surface area contributed by atoms with Crippen molar-refractivity contribution in [2.75, 3.05) is 0 Å². The Morgan fingerprint density at radius 3 is 1.60 bits per heavy atom. The Labute approximate surface area is 61.4 Å². The molecule has 0 aromatic rings. The minimum Gasteiger partial charge on any atom is -0.171 e. The van der Waals surface area contributed by atoms with E-state index in [-0.39, 0.29) is 19.3 Å². The molecule has 10 heavy (non-hydrogen) atoms. The highest BCUT2D eigenvalue weighted by atomic mass is 35.5. The van der Waals surface area contributed by atoms with E-state index >= 15 is 0 Å². The van der Waals surface area contributed by atoms with Crippen LogP contribution in [0.3, 0.4) is 0 Å². The number of halogens is 4. The highest BCUT2D eigenvalue weighted by Gasteiger charge is 2.78. The number of hydrogen-bond donors (Lipinski definition) is 0. The lowest BCUT2D eigenvalue weighted by molar-refractivity contribution is -0.315. The van der Waals surface area contributed by atoms with Crippen molar-refractivity contribution in [3.05, 3.63) is 0 Å². The highest BCUT2D eigenvalue weighted by Crippen LogP contribution is 2.76. The van der Waals surface area contributed by atoms with Gasteiger partial charge in [-0.05, 0) is 19.3 Å². The summed E-state index contributed by atoms with van der Waals surface area (Å²) in [5.74, 6) is 0. The van der Waals surface area contributed by atoms with Gasteiger partial charge in [0.25, 0.3) is 0 Å². The summed E-state index contributed by atoms with van der Waals surface area (Å²) in [6.07, 6.45) is -3.58. The van der Waals surface area contributed by atoms with E-state index in [1.165, 1.54) is 0 Å². The lowest BCUT2D eigenvalue weighted by Crippen LogP contribution is -2.69. The van der Waals surface area contributed by atoms with Crippen LogP contribution < -0.4 is 0 Å². The summed E-state index contributed by atoms with van der Waals surface area (Å²) in [6.45, 7) is 0. The maximum atomic E-state index is 12.0. The standard InChI is InChI=1S/C6H6ClF3/c7-5-1-4(2-5,3-5)6(8,9)10/h1-3H2. The van der Waals surface area contributed by atoms with Crippen molar-refractivity contribution in [1.82, 2.24) is 0 Å². The van der Waals surface area contributed by atoms with Crippen molar-refractivity contribution >= 4 is 11.6 Å². The van der Waals surface area contributed by atoms with E-state index in [0.717, 1.165) is 0 Å². The zero-order chi connectivity index (χ0) is 7.62. The van der Waals surface area contributed by atoms with Crippen molar-refractivity contribution in [3.63, 3.8) is 0 Å². The van der Waals surface area contributed by atoms with Crippen LogP contribution in [0.2, 0.25) is 0 Å². The summed E-state index contributed by atoms with van der Waals surface area (Å²) in [6, 6.07) is 0. The fourth-order valence-electron chi connectivity index (χ4n) is 1.96. The predicted molar refractivity (Wildman–Crippen MR) is 30.9 cm³/mol. The van der Waals surface area contributed by atoms with Crippen molar-refractivity contribution in [1.29, 1.82) is 0 Å². The molecule has 0 radical (unpaired) electrons. The molecule has 0 atom stereocenters. The van der Waals surface area contributed by atoms with Gasteiger partial charge in [-0.1, -0.05) is 0 Å². The van der Waals surface area contributed by atoms with Gasteiger partial charge in [0.1, 0.15) is 0 Å². The second-order valence-corrected chi connectivity index (χ2v) is 4.26. The largest absolute Gasteiger partial charge is 0.394 e. The number of hydrogen-bond acceptors (Lipinski definition) is 0. The zero-order valence-corrected chi connectivity index (χ0v) is 5.89. The monoisotopic (exact) mass is 170 g/mol. The normalized spacial score (nSPS) is 51.6. The van der Waals surface area contributed by atoms with Crippen molar-refractivity contribution in [2.45, 2.75) is 30.3 Å². The van der Waals surface area contributed by atoms with E-state index in [0.29, 0.717) is 0 Å². The molecule has 2 bridgehead atoms. The summed E-state index contributed by atoms with van der Waals surface area (Å²) >= 11 is 5.67. The fourth-order valence-corrected chi connectivity index (χ4v) is 2.73. The SMILES string of the molecule is FC(F)(F)C12CC(Cl)(C1)C2. The minimum absolute atomic E-state index is 0.144. The predicted octanol–water partition coefficient (Wildman–Crippen LogP) is 2.71. The van der Waals surface area contributed by atoms with Crippen LogP contribution in [0, 0.1) is 5.41 Å². The average Bonchev–Trinajstić information content (AvgIpc) is 1.51. The Morgan fingerprint density at radius 1 is 1.10 bits per heavy atom. The van der Waals surface area contributed by atoms with Gasteiger partial charge in [-0.2, -0.15) is 13.2 Å². The topological polar surface area (TPSA) is 0 Å². The fraction of sp³-hybridized carbons (Fsp3) is 1.00. The van der Waals surface area contributed by atoms with Crippen molar-refractivity contribution in [2.24, 2.45) is 5.41 Å². The van der Waals surface area contributed by atoms with Crippen LogP contribution in [0.25, 0.3) is 0 Å². The molecule has 3 rings (SSSR count). The molecule has 4 heteroatoms. The van der Waals surface area contributed by atoms with Gasteiger partial charge in [0.2, 0.25) is 0 Å². The van der Waals surface area contributed by atoms with Crippen LogP contribution in [-0.4, -0.2) is 11.1 Å². The van der Waals surface area contributed by atoms with Crippen LogP contribution in [0.5, 0.6) is 0 Å². The lowest BCUT2D eigenvalue weighted by atomic mass is 9.43. The first kappa shape index (κ1) is 6.77. The highest BCUT2D eigenvalue weighted by molar-refractivity contribution is 6.26. The van der Waals surface area contributed by atoms with Crippen LogP contribution >= 0.6 is 11.6 Å². The van der Waals surface area contributed by atoms with E-state index in [9.17, 15) is 13.2 Å². The van der Waals surface area contributed by atoms with E-state index in [4.69, 9.17) is 11.6 Å². The third kappa shape index (κ3) is 0.552. The second kappa shape index (κ2) is 1.33. The van der Waals surface area contributed by atoms with Crippen LogP contribution in [0.4, 0.5) is 13.2 Å². The number of rotatable bonds is 0. The molecule has 3 saturated carbocycles. The molecule has 0 nitrogen and oxygen atoms in total. The summed E-state index contributed by atoms with van der Waals surface area (Å²) in [7, 11) is 0. The Balaban J connectivity index is 2.11. The zero-order valence-electron chi connectivity index (χ0n) is 5.13. The molecule has 0 spiro atoms. The molecule has 3 aliphatic rings. The molecule has 0 amide bonds. The van der Waals surface area contributed by atoms with Gasteiger partial charge in [0.05, 0.1) is 5.41 Å². The molecule has 0 unspecified atom stereocenters.